The number of aryl methyl sites for hydroxylation is 1. The molecule has 0 spiro atoms. The fourth-order valence-electron chi connectivity index (χ4n) is 3.61. The summed E-state index contributed by atoms with van der Waals surface area (Å²) in [6.45, 7) is 0. The van der Waals surface area contributed by atoms with Crippen LogP contribution in [0.5, 0.6) is 11.5 Å². The monoisotopic (exact) mass is 473 g/mol. The normalized spacial score (nSPS) is 14.0. The molecule has 0 saturated heterocycles. The number of fused-ring (bicyclic) bond motifs is 2. The number of ether oxygens (including phenoxy) is 2. The Bertz CT molecular complexity index is 1380. The van der Waals surface area contributed by atoms with Crippen LogP contribution in [0.15, 0.2) is 83.2 Å². The maximum Gasteiger partial charge on any atom is 0.343 e. The van der Waals surface area contributed by atoms with Gasteiger partial charge in [-0.05, 0) is 48.5 Å². The molecule has 4 aromatic rings. The maximum absolute atomic E-state index is 12.8. The number of para-hydroxylation sites is 1. The van der Waals surface area contributed by atoms with Gasteiger partial charge >= 0.3 is 5.97 Å². The van der Waals surface area contributed by atoms with Gasteiger partial charge in [0, 0.05) is 40.2 Å². The molecule has 0 N–H and O–H groups in total. The zero-order valence-corrected chi connectivity index (χ0v) is 18.0. The third kappa shape index (κ3) is 3.55. The van der Waals surface area contributed by atoms with Crippen LogP contribution in [0.2, 0.25) is 0 Å². The second-order valence-corrected chi connectivity index (χ2v) is 8.12. The Morgan fingerprint density at radius 3 is 2.65 bits per heavy atom. The van der Waals surface area contributed by atoms with E-state index < -0.39 is 5.97 Å². The van der Waals surface area contributed by atoms with Gasteiger partial charge in [0.2, 0.25) is 5.78 Å². The second kappa shape index (κ2) is 7.56. The van der Waals surface area contributed by atoms with E-state index in [9.17, 15) is 9.59 Å². The summed E-state index contributed by atoms with van der Waals surface area (Å²) in [5.74, 6) is 0.239. The minimum absolute atomic E-state index is 0.200. The summed E-state index contributed by atoms with van der Waals surface area (Å²) >= 11 is 3.34. The predicted molar refractivity (Wildman–Crippen MR) is 121 cm³/mol. The van der Waals surface area contributed by atoms with Crippen LogP contribution in [0.25, 0.3) is 17.0 Å². The fraction of sp³-hybridized carbons (Fsp3) is 0.0400. The largest absolute Gasteiger partial charge is 0.452 e. The lowest BCUT2D eigenvalue weighted by molar-refractivity contribution is 0.0734. The number of hydrogen-bond acceptors (Lipinski definition) is 4. The Morgan fingerprint density at radius 2 is 1.84 bits per heavy atom. The van der Waals surface area contributed by atoms with Crippen molar-refractivity contribution in [2.75, 3.05) is 0 Å². The van der Waals surface area contributed by atoms with E-state index >= 15 is 0 Å². The third-order valence-electron chi connectivity index (χ3n) is 5.15. The summed E-state index contributed by atoms with van der Waals surface area (Å²) in [7, 11) is 1.96. The van der Waals surface area contributed by atoms with E-state index in [2.05, 4.69) is 15.9 Å². The number of Topliss-reactive ketones (excluding diaryl/α,β-unsaturated/α-hetero) is 1. The number of rotatable bonds is 3. The quantitative estimate of drug-likeness (QED) is 0.215. The van der Waals surface area contributed by atoms with E-state index in [4.69, 9.17) is 9.47 Å². The van der Waals surface area contributed by atoms with Gasteiger partial charge in [0.25, 0.3) is 0 Å². The molecule has 0 amide bonds. The molecule has 5 rings (SSSR count). The summed E-state index contributed by atoms with van der Waals surface area (Å²) in [4.78, 5) is 25.2. The molecule has 152 valence electrons. The van der Waals surface area contributed by atoms with Crippen molar-refractivity contribution in [1.82, 2.24) is 4.57 Å². The van der Waals surface area contributed by atoms with Crippen LogP contribution in [0, 0.1) is 0 Å². The van der Waals surface area contributed by atoms with Crippen molar-refractivity contribution >= 4 is 44.7 Å². The molecule has 31 heavy (non-hydrogen) atoms. The van der Waals surface area contributed by atoms with E-state index in [1.165, 1.54) is 0 Å². The summed E-state index contributed by atoms with van der Waals surface area (Å²) in [5, 5.41) is 1.04. The number of allylic oxidation sites excluding steroid dienone is 1. The van der Waals surface area contributed by atoms with E-state index in [-0.39, 0.29) is 11.5 Å². The summed E-state index contributed by atoms with van der Waals surface area (Å²) in [6.07, 6.45) is 3.71. The highest BCUT2D eigenvalue weighted by atomic mass is 79.9. The van der Waals surface area contributed by atoms with Gasteiger partial charge in [-0.1, -0.05) is 34.1 Å². The average Bonchev–Trinajstić information content (AvgIpc) is 3.25. The summed E-state index contributed by atoms with van der Waals surface area (Å²) in [5.41, 5.74) is 2.84. The number of esters is 1. The van der Waals surface area contributed by atoms with Crippen LogP contribution in [0.3, 0.4) is 0 Å². The number of benzene rings is 3. The lowest BCUT2D eigenvalue weighted by Crippen LogP contribution is -2.08. The topological polar surface area (TPSA) is 57.5 Å². The molecule has 3 aromatic carbocycles. The molecule has 1 aliphatic heterocycles. The lowest BCUT2D eigenvalue weighted by Gasteiger charge is -2.05. The molecule has 1 aromatic heterocycles. The lowest BCUT2D eigenvalue weighted by atomic mass is 10.1. The van der Waals surface area contributed by atoms with Crippen molar-refractivity contribution in [3.8, 4) is 11.5 Å². The molecule has 0 fully saturated rings. The fourth-order valence-corrected chi connectivity index (χ4v) is 3.88. The van der Waals surface area contributed by atoms with Gasteiger partial charge in [-0.3, -0.25) is 4.79 Å². The van der Waals surface area contributed by atoms with Crippen LogP contribution in [-0.2, 0) is 7.05 Å². The molecule has 5 nitrogen and oxygen atoms in total. The van der Waals surface area contributed by atoms with E-state index in [1.54, 1.807) is 48.5 Å². The molecule has 0 atom stereocenters. The van der Waals surface area contributed by atoms with Crippen molar-refractivity contribution in [3.63, 3.8) is 0 Å². The molecule has 2 heterocycles. The van der Waals surface area contributed by atoms with Crippen molar-refractivity contribution in [1.29, 1.82) is 0 Å². The predicted octanol–water partition coefficient (Wildman–Crippen LogP) is 5.78. The highest BCUT2D eigenvalue weighted by molar-refractivity contribution is 9.10. The molecule has 0 radical (unpaired) electrons. The molecular weight excluding hydrogens is 458 g/mol. The second-order valence-electron chi connectivity index (χ2n) is 7.21. The van der Waals surface area contributed by atoms with Crippen molar-refractivity contribution in [2.24, 2.45) is 7.05 Å². The Balaban J connectivity index is 1.41. The van der Waals surface area contributed by atoms with Crippen molar-refractivity contribution in [2.45, 2.75) is 0 Å². The van der Waals surface area contributed by atoms with Gasteiger partial charge in [-0.25, -0.2) is 4.79 Å². The van der Waals surface area contributed by atoms with Crippen LogP contribution in [-0.4, -0.2) is 16.3 Å². The molecule has 6 heteroatoms. The van der Waals surface area contributed by atoms with Crippen LogP contribution < -0.4 is 9.47 Å². The van der Waals surface area contributed by atoms with Gasteiger partial charge in [-0.2, -0.15) is 0 Å². The Morgan fingerprint density at radius 1 is 1.06 bits per heavy atom. The zero-order valence-electron chi connectivity index (χ0n) is 16.5. The van der Waals surface area contributed by atoms with E-state index in [0.717, 1.165) is 20.9 Å². The van der Waals surface area contributed by atoms with Crippen molar-refractivity contribution in [3.05, 3.63) is 99.8 Å². The first-order chi connectivity index (χ1) is 15.0. The molecule has 0 aliphatic carbocycles. The molecule has 0 saturated carbocycles. The van der Waals surface area contributed by atoms with E-state index in [1.807, 2.05) is 42.1 Å². The Labute approximate surface area is 186 Å². The number of ketones is 1. The first-order valence-electron chi connectivity index (χ1n) is 9.60. The number of halogens is 1. The molecular formula is C25H16BrNO4. The smallest absolute Gasteiger partial charge is 0.343 e. The highest BCUT2D eigenvalue weighted by Gasteiger charge is 2.28. The van der Waals surface area contributed by atoms with Gasteiger partial charge in [-0.15, -0.1) is 0 Å². The number of carbonyl (C=O) groups is 2. The number of hydrogen-bond donors (Lipinski definition) is 0. The standard InChI is InChI=1S/C25H16BrNO4/c1-27-14-16(19-4-2-3-5-21(19)27)12-23-24(28)20-11-10-18(13-22(20)31-23)30-25(29)15-6-8-17(26)9-7-15/h2-14H,1H3/b23-12+. The van der Waals surface area contributed by atoms with Crippen molar-refractivity contribution < 1.29 is 19.1 Å². The van der Waals surface area contributed by atoms with Gasteiger partial charge in [0.1, 0.15) is 11.5 Å². The zero-order chi connectivity index (χ0) is 21.5. The minimum atomic E-state index is -0.483. The number of nitrogens with zero attached hydrogens (tertiary/aromatic N) is 1. The number of aromatic nitrogens is 1. The van der Waals surface area contributed by atoms with Gasteiger partial charge in [0.15, 0.2) is 5.76 Å². The molecule has 0 bridgehead atoms. The maximum atomic E-state index is 12.8. The first kappa shape index (κ1) is 19.3. The van der Waals surface area contributed by atoms with Crippen LogP contribution in [0.1, 0.15) is 26.3 Å². The van der Waals surface area contributed by atoms with Gasteiger partial charge in [0.05, 0.1) is 11.1 Å². The van der Waals surface area contributed by atoms with Crippen LogP contribution in [0.4, 0.5) is 0 Å². The molecule has 1 aliphatic rings. The third-order valence-corrected chi connectivity index (χ3v) is 5.67. The Hall–Kier alpha value is -3.64. The number of carbonyl (C=O) groups excluding carboxylic acids is 2. The Kier molecular flexibility index (Phi) is 4.71. The first-order valence-corrected chi connectivity index (χ1v) is 10.4. The highest BCUT2D eigenvalue weighted by Crippen LogP contribution is 2.36. The van der Waals surface area contributed by atoms with Crippen LogP contribution >= 0.6 is 15.9 Å². The van der Waals surface area contributed by atoms with E-state index in [0.29, 0.717) is 22.6 Å². The average molecular weight is 474 g/mol. The summed E-state index contributed by atoms with van der Waals surface area (Å²) < 4.78 is 14.2. The summed E-state index contributed by atoms with van der Waals surface area (Å²) in [6, 6.07) is 19.6. The molecule has 0 unspecified atom stereocenters. The van der Waals surface area contributed by atoms with Gasteiger partial charge < -0.3 is 14.0 Å². The minimum Gasteiger partial charge on any atom is -0.452 e. The SMILES string of the molecule is Cn1cc(/C=C2/Oc3cc(OC(=O)c4ccc(Br)cc4)ccc3C2=O)c2ccccc21.